The van der Waals surface area contributed by atoms with Crippen LogP contribution in [0.3, 0.4) is 0 Å². The molecule has 15 nitrogen and oxygen atoms in total. The topological polar surface area (TPSA) is 224 Å². The van der Waals surface area contributed by atoms with Gasteiger partial charge in [0.25, 0.3) is 5.56 Å². The lowest BCUT2D eigenvalue weighted by atomic mass is 10.2. The number of nitrogens with zero attached hydrogens (tertiary/aromatic N) is 1. The van der Waals surface area contributed by atoms with E-state index >= 15 is 0 Å². The average Bonchev–Trinajstić information content (AvgIpc) is 2.78. The van der Waals surface area contributed by atoms with E-state index in [1.165, 1.54) is 13.8 Å². The van der Waals surface area contributed by atoms with E-state index in [4.69, 9.17) is 19.0 Å². The molecule has 0 spiro atoms. The van der Waals surface area contributed by atoms with Crippen LogP contribution in [0.1, 0.15) is 25.1 Å². The normalized spacial score (nSPS) is 27.3. The van der Waals surface area contributed by atoms with Gasteiger partial charge in [0.05, 0.1) is 6.10 Å². The van der Waals surface area contributed by atoms with Crippen LogP contribution >= 0.6 is 23.5 Å². The maximum absolute atomic E-state index is 12.0. The smallest absolute Gasteiger partial charge is 0.352 e. The second-order valence-corrected chi connectivity index (χ2v) is 10.2. The van der Waals surface area contributed by atoms with Crippen LogP contribution in [0.15, 0.2) is 15.8 Å². The van der Waals surface area contributed by atoms with Gasteiger partial charge in [-0.15, -0.1) is 0 Å². The maximum atomic E-state index is 12.0. The minimum absolute atomic E-state index is 0.0712. The molecule has 0 saturated carbocycles. The summed E-state index contributed by atoms with van der Waals surface area (Å²) in [7, 11) is -16.6. The van der Waals surface area contributed by atoms with Crippen molar-refractivity contribution in [2.24, 2.45) is 0 Å². The van der Waals surface area contributed by atoms with Gasteiger partial charge in [-0.2, -0.15) is 8.62 Å². The number of hydrogen-bond donors (Lipinski definition) is 5. The molecule has 0 amide bonds. The summed E-state index contributed by atoms with van der Waals surface area (Å²) in [6.07, 6.45) is -2.23. The molecule has 2 rings (SSSR count). The molecule has 5 atom stereocenters. The molecule has 2 heterocycles. The standard InChI is InChI=1S/C10H17N2O13P3/c1-5-4-12(10(14)11-8(5)13)9-7(3-6(2)22-9)23-27(18,19)25-28(20,21)24-26(15,16)17/h4,6-7,9H,3H2,1-2H3,(H,18,19)(H,20,21)(H,11,13,14)(H2,15,16,17)/t6-,7?,9-/m1/s1. The molecule has 1 aliphatic heterocycles. The number of phosphoric acid groups is 3. The molecule has 0 aromatic carbocycles. The van der Waals surface area contributed by atoms with Crippen LogP contribution in [0.2, 0.25) is 0 Å². The van der Waals surface area contributed by atoms with E-state index in [9.17, 15) is 33.1 Å². The highest BCUT2D eigenvalue weighted by molar-refractivity contribution is 7.66. The Labute approximate surface area is 156 Å². The summed E-state index contributed by atoms with van der Waals surface area (Å²) in [6.45, 7) is 2.93. The molecule has 160 valence electrons. The minimum Gasteiger partial charge on any atom is -0.352 e. The Hall–Kier alpha value is -0.950. The highest BCUT2D eigenvalue weighted by atomic mass is 31.3. The third kappa shape index (κ3) is 6.28. The lowest BCUT2D eigenvalue weighted by molar-refractivity contribution is -0.0340. The summed E-state index contributed by atoms with van der Waals surface area (Å²) < 4.78 is 52.4. The number of ether oxygens (including phenoxy) is 1. The van der Waals surface area contributed by atoms with Gasteiger partial charge in [-0.3, -0.25) is 18.9 Å². The fourth-order valence-corrected chi connectivity index (χ4v) is 5.60. The molecule has 28 heavy (non-hydrogen) atoms. The maximum Gasteiger partial charge on any atom is 0.490 e. The molecule has 0 aliphatic carbocycles. The van der Waals surface area contributed by atoms with Crippen molar-refractivity contribution in [3.63, 3.8) is 0 Å². The Morgan fingerprint density at radius 2 is 1.75 bits per heavy atom. The van der Waals surface area contributed by atoms with Gasteiger partial charge in [-0.1, -0.05) is 0 Å². The van der Waals surface area contributed by atoms with Crippen molar-refractivity contribution in [2.45, 2.75) is 38.7 Å². The van der Waals surface area contributed by atoms with E-state index in [1.807, 2.05) is 4.98 Å². The molecule has 0 radical (unpaired) electrons. The van der Waals surface area contributed by atoms with Crippen molar-refractivity contribution in [3.8, 4) is 0 Å². The van der Waals surface area contributed by atoms with Crippen molar-refractivity contribution in [3.05, 3.63) is 32.6 Å². The first-order valence-corrected chi connectivity index (χ1v) is 11.9. The Kier molecular flexibility index (Phi) is 6.71. The molecular formula is C10H17N2O13P3. The van der Waals surface area contributed by atoms with Gasteiger partial charge in [0.1, 0.15) is 6.10 Å². The summed E-state index contributed by atoms with van der Waals surface area (Å²) in [6, 6.07) is 0. The van der Waals surface area contributed by atoms with Crippen LogP contribution in [0.4, 0.5) is 0 Å². The van der Waals surface area contributed by atoms with Crippen molar-refractivity contribution >= 4 is 23.5 Å². The zero-order valence-electron chi connectivity index (χ0n) is 14.3. The van der Waals surface area contributed by atoms with Gasteiger partial charge in [0.2, 0.25) is 0 Å². The molecule has 5 N–H and O–H groups in total. The number of aryl methyl sites for hydroxylation is 1. The Balaban J connectivity index is 2.26. The minimum atomic E-state index is -5.68. The molecule has 0 bridgehead atoms. The summed E-state index contributed by atoms with van der Waals surface area (Å²) in [5.41, 5.74) is -1.44. The van der Waals surface area contributed by atoms with Crippen molar-refractivity contribution in [1.29, 1.82) is 0 Å². The van der Waals surface area contributed by atoms with Gasteiger partial charge in [0, 0.05) is 18.2 Å². The van der Waals surface area contributed by atoms with E-state index in [2.05, 4.69) is 8.62 Å². The summed E-state index contributed by atoms with van der Waals surface area (Å²) in [5, 5.41) is 0. The lowest BCUT2D eigenvalue weighted by Gasteiger charge is -2.23. The third-order valence-corrected chi connectivity index (χ3v) is 7.22. The van der Waals surface area contributed by atoms with E-state index in [0.717, 1.165) is 10.8 Å². The zero-order chi connectivity index (χ0) is 21.5. The molecule has 1 saturated heterocycles. The third-order valence-electron chi connectivity index (χ3n) is 3.36. The first-order valence-electron chi connectivity index (χ1n) is 7.38. The van der Waals surface area contributed by atoms with Gasteiger partial charge >= 0.3 is 29.2 Å². The predicted octanol–water partition coefficient (Wildman–Crippen LogP) is -0.136. The van der Waals surface area contributed by atoms with E-state index in [1.54, 1.807) is 0 Å². The average molecular weight is 466 g/mol. The molecule has 1 aromatic heterocycles. The highest BCUT2D eigenvalue weighted by Crippen LogP contribution is 2.67. The molecule has 1 aliphatic rings. The summed E-state index contributed by atoms with van der Waals surface area (Å²) in [4.78, 5) is 61.4. The summed E-state index contributed by atoms with van der Waals surface area (Å²) >= 11 is 0. The van der Waals surface area contributed by atoms with Crippen LogP contribution < -0.4 is 11.2 Å². The predicted molar refractivity (Wildman–Crippen MR) is 89.0 cm³/mol. The molecule has 1 aromatic rings. The number of H-pyrrole nitrogens is 1. The van der Waals surface area contributed by atoms with Gasteiger partial charge in [-0.25, -0.2) is 18.5 Å². The number of nitrogens with one attached hydrogen (secondary N) is 1. The van der Waals surface area contributed by atoms with Crippen molar-refractivity contribution < 1.29 is 51.2 Å². The fourth-order valence-electron chi connectivity index (χ4n) is 2.41. The lowest BCUT2D eigenvalue weighted by Crippen LogP contribution is -2.36. The first kappa shape index (κ1) is 23.3. The van der Waals surface area contributed by atoms with Crippen LogP contribution in [0.5, 0.6) is 0 Å². The van der Waals surface area contributed by atoms with Crippen LogP contribution in [-0.2, 0) is 31.6 Å². The number of aromatic nitrogens is 2. The van der Waals surface area contributed by atoms with Crippen molar-refractivity contribution in [1.82, 2.24) is 9.55 Å². The fraction of sp³-hybridized carbons (Fsp3) is 0.600. The second-order valence-electron chi connectivity index (χ2n) is 5.79. The van der Waals surface area contributed by atoms with Gasteiger partial charge in [0.15, 0.2) is 6.23 Å². The van der Waals surface area contributed by atoms with Crippen LogP contribution in [-0.4, -0.2) is 41.3 Å². The van der Waals surface area contributed by atoms with Crippen molar-refractivity contribution in [2.75, 3.05) is 0 Å². The van der Waals surface area contributed by atoms with E-state index in [0.29, 0.717) is 0 Å². The summed E-state index contributed by atoms with van der Waals surface area (Å²) in [5.74, 6) is 0. The number of aromatic amines is 1. The van der Waals surface area contributed by atoms with Gasteiger partial charge < -0.3 is 24.3 Å². The first-order chi connectivity index (χ1) is 12.6. The molecule has 1 fully saturated rings. The second kappa shape index (κ2) is 8.05. The van der Waals surface area contributed by atoms with Crippen LogP contribution in [0, 0.1) is 6.92 Å². The number of hydrogen-bond acceptors (Lipinski definition) is 9. The van der Waals surface area contributed by atoms with E-state index in [-0.39, 0.29) is 12.0 Å². The van der Waals surface area contributed by atoms with Crippen LogP contribution in [0.25, 0.3) is 0 Å². The molecular weight excluding hydrogens is 449 g/mol. The van der Waals surface area contributed by atoms with Gasteiger partial charge in [-0.05, 0) is 13.8 Å². The quantitative estimate of drug-likeness (QED) is 0.331. The number of phosphoric ester groups is 1. The molecule has 18 heteroatoms. The SMILES string of the molecule is Cc1cn([C@@H]2O[C@H](C)CC2OP(=O)(O)OP(=O)(O)OP(=O)(O)O)c(=O)[nH]c1=O. The van der Waals surface area contributed by atoms with E-state index < -0.39 is 53.2 Å². The Morgan fingerprint density at radius 1 is 1.14 bits per heavy atom. The molecule has 3 unspecified atom stereocenters. The monoisotopic (exact) mass is 466 g/mol. The Morgan fingerprint density at radius 3 is 2.32 bits per heavy atom. The zero-order valence-corrected chi connectivity index (χ0v) is 17.0. The highest BCUT2D eigenvalue weighted by Gasteiger charge is 2.45. The largest absolute Gasteiger partial charge is 0.490 e. The number of rotatable bonds is 7. The Bertz CT molecular complexity index is 995.